The van der Waals surface area contributed by atoms with Crippen LogP contribution in [0.15, 0.2) is 42.9 Å². The zero-order valence-electron chi connectivity index (χ0n) is 14.0. The standard InChI is InChI=1S/C19H20N6/c20-10-17-13-23-25-14-15(12-22-19(17)25)11-21-7-3-8-24-9-6-16-4-1-2-5-18(16)24/h1-2,4-5,12-14,21H,3,6-9,11H2. The molecule has 6 heteroatoms. The summed E-state index contributed by atoms with van der Waals surface area (Å²) in [7, 11) is 0. The highest BCUT2D eigenvalue weighted by Gasteiger charge is 2.17. The average Bonchev–Trinajstić information content (AvgIpc) is 3.25. The van der Waals surface area contributed by atoms with Gasteiger partial charge in [0.05, 0.1) is 6.20 Å². The molecule has 2 aromatic heterocycles. The van der Waals surface area contributed by atoms with Crippen molar-refractivity contribution in [3.05, 3.63) is 59.5 Å². The number of hydrogen-bond donors (Lipinski definition) is 1. The number of rotatable bonds is 6. The second kappa shape index (κ2) is 6.91. The number of anilines is 1. The van der Waals surface area contributed by atoms with Crippen molar-refractivity contribution in [3.8, 4) is 6.07 Å². The summed E-state index contributed by atoms with van der Waals surface area (Å²) in [5.74, 6) is 0. The van der Waals surface area contributed by atoms with E-state index in [0.717, 1.165) is 44.6 Å². The van der Waals surface area contributed by atoms with Crippen molar-refractivity contribution >= 4 is 11.3 Å². The fourth-order valence-electron chi connectivity index (χ4n) is 3.35. The van der Waals surface area contributed by atoms with Gasteiger partial charge in [0.15, 0.2) is 5.65 Å². The van der Waals surface area contributed by atoms with Gasteiger partial charge in [-0.05, 0) is 31.0 Å². The molecule has 0 saturated carbocycles. The Labute approximate surface area is 146 Å². The number of hydrogen-bond acceptors (Lipinski definition) is 5. The summed E-state index contributed by atoms with van der Waals surface area (Å²) in [6.07, 6.45) is 7.54. The van der Waals surface area contributed by atoms with Gasteiger partial charge in [-0.2, -0.15) is 10.4 Å². The summed E-state index contributed by atoms with van der Waals surface area (Å²) >= 11 is 0. The SMILES string of the molecule is N#Cc1cnn2cc(CNCCCN3CCc4ccccc43)cnc12. The van der Waals surface area contributed by atoms with Crippen molar-refractivity contribution in [2.45, 2.75) is 19.4 Å². The maximum atomic E-state index is 8.99. The van der Waals surface area contributed by atoms with E-state index in [9.17, 15) is 0 Å². The zero-order chi connectivity index (χ0) is 17.1. The molecule has 0 radical (unpaired) electrons. The van der Waals surface area contributed by atoms with Gasteiger partial charge in [-0.15, -0.1) is 0 Å². The molecule has 1 N–H and O–H groups in total. The number of nitriles is 1. The van der Waals surface area contributed by atoms with E-state index in [1.807, 2.05) is 12.4 Å². The van der Waals surface area contributed by atoms with Gasteiger partial charge in [0, 0.05) is 43.3 Å². The molecule has 1 aliphatic heterocycles. The van der Waals surface area contributed by atoms with Gasteiger partial charge in [0.1, 0.15) is 11.6 Å². The van der Waals surface area contributed by atoms with Gasteiger partial charge in [0.25, 0.3) is 0 Å². The van der Waals surface area contributed by atoms with Crippen molar-refractivity contribution in [1.82, 2.24) is 19.9 Å². The quantitative estimate of drug-likeness (QED) is 0.701. The van der Waals surface area contributed by atoms with E-state index < -0.39 is 0 Å². The van der Waals surface area contributed by atoms with Gasteiger partial charge in [-0.3, -0.25) is 0 Å². The van der Waals surface area contributed by atoms with Gasteiger partial charge >= 0.3 is 0 Å². The Balaban J connectivity index is 1.26. The summed E-state index contributed by atoms with van der Waals surface area (Å²) < 4.78 is 1.66. The second-order valence-corrected chi connectivity index (χ2v) is 6.30. The molecule has 3 aromatic rings. The number of fused-ring (bicyclic) bond motifs is 2. The molecule has 3 heterocycles. The Hall–Kier alpha value is -2.91. The molecule has 0 bridgehead atoms. The lowest BCUT2D eigenvalue weighted by atomic mass is 10.2. The third-order valence-electron chi connectivity index (χ3n) is 4.62. The van der Waals surface area contributed by atoms with Crippen molar-refractivity contribution in [1.29, 1.82) is 5.26 Å². The molecule has 0 fully saturated rings. The van der Waals surface area contributed by atoms with E-state index in [2.05, 4.69) is 50.6 Å². The lowest BCUT2D eigenvalue weighted by molar-refractivity contribution is 0.635. The van der Waals surface area contributed by atoms with Crippen molar-refractivity contribution in [3.63, 3.8) is 0 Å². The molecule has 0 atom stereocenters. The Morgan fingerprint density at radius 2 is 2.16 bits per heavy atom. The van der Waals surface area contributed by atoms with Crippen LogP contribution in [0.2, 0.25) is 0 Å². The minimum absolute atomic E-state index is 0.505. The van der Waals surface area contributed by atoms with E-state index in [1.54, 1.807) is 10.7 Å². The summed E-state index contributed by atoms with van der Waals surface area (Å²) in [5, 5.41) is 16.6. The van der Waals surface area contributed by atoms with Gasteiger partial charge < -0.3 is 10.2 Å². The van der Waals surface area contributed by atoms with Crippen LogP contribution in [0.5, 0.6) is 0 Å². The normalized spacial score (nSPS) is 13.2. The second-order valence-electron chi connectivity index (χ2n) is 6.30. The molecular formula is C19H20N6. The minimum atomic E-state index is 0.505. The summed E-state index contributed by atoms with van der Waals surface area (Å²) in [4.78, 5) is 6.80. The molecule has 0 amide bonds. The Kier molecular flexibility index (Phi) is 4.32. The van der Waals surface area contributed by atoms with Crippen molar-refractivity contribution in [2.75, 3.05) is 24.5 Å². The Bertz CT molecular complexity index is 923. The van der Waals surface area contributed by atoms with Gasteiger partial charge in [-0.25, -0.2) is 9.50 Å². The number of benzene rings is 1. The molecule has 0 unspecified atom stereocenters. The molecule has 6 nitrogen and oxygen atoms in total. The van der Waals surface area contributed by atoms with E-state index in [-0.39, 0.29) is 0 Å². The van der Waals surface area contributed by atoms with Crippen LogP contribution in [-0.2, 0) is 13.0 Å². The summed E-state index contributed by atoms with van der Waals surface area (Å²) in [5.41, 5.74) is 5.03. The van der Waals surface area contributed by atoms with Crippen LogP contribution in [0, 0.1) is 11.3 Å². The first-order valence-corrected chi connectivity index (χ1v) is 8.61. The molecule has 0 spiro atoms. The van der Waals surface area contributed by atoms with Crippen LogP contribution in [0.1, 0.15) is 23.1 Å². The van der Waals surface area contributed by atoms with Crippen LogP contribution >= 0.6 is 0 Å². The first kappa shape index (κ1) is 15.6. The maximum Gasteiger partial charge on any atom is 0.172 e. The number of para-hydroxylation sites is 1. The average molecular weight is 332 g/mol. The van der Waals surface area contributed by atoms with Gasteiger partial charge in [0.2, 0.25) is 0 Å². The van der Waals surface area contributed by atoms with E-state index in [4.69, 9.17) is 5.26 Å². The van der Waals surface area contributed by atoms with Crippen LogP contribution in [0.3, 0.4) is 0 Å². The van der Waals surface area contributed by atoms with Crippen molar-refractivity contribution in [2.24, 2.45) is 0 Å². The summed E-state index contributed by atoms with van der Waals surface area (Å²) in [6.45, 7) is 3.91. The first-order chi connectivity index (χ1) is 12.3. The summed E-state index contributed by atoms with van der Waals surface area (Å²) in [6, 6.07) is 10.8. The van der Waals surface area contributed by atoms with Crippen LogP contribution in [-0.4, -0.2) is 34.2 Å². The lowest BCUT2D eigenvalue weighted by Gasteiger charge is -2.19. The smallest absolute Gasteiger partial charge is 0.172 e. The fourth-order valence-corrected chi connectivity index (χ4v) is 3.35. The monoisotopic (exact) mass is 332 g/mol. The molecule has 0 aliphatic carbocycles. The zero-order valence-corrected chi connectivity index (χ0v) is 14.0. The highest BCUT2D eigenvalue weighted by molar-refractivity contribution is 5.57. The van der Waals surface area contributed by atoms with Crippen LogP contribution < -0.4 is 10.2 Å². The fraction of sp³-hybridized carbons (Fsp3) is 0.316. The molecule has 126 valence electrons. The van der Waals surface area contributed by atoms with Crippen molar-refractivity contribution < 1.29 is 0 Å². The minimum Gasteiger partial charge on any atom is -0.371 e. The first-order valence-electron chi connectivity index (χ1n) is 8.61. The maximum absolute atomic E-state index is 8.99. The highest BCUT2D eigenvalue weighted by Crippen LogP contribution is 2.27. The topological polar surface area (TPSA) is 69.2 Å². The highest BCUT2D eigenvalue weighted by atomic mass is 15.2. The molecule has 4 rings (SSSR count). The number of nitrogens with one attached hydrogen (secondary N) is 1. The predicted octanol–water partition coefficient (Wildman–Crippen LogP) is 2.14. The predicted molar refractivity (Wildman–Crippen MR) is 96.4 cm³/mol. The van der Waals surface area contributed by atoms with E-state index in [1.165, 1.54) is 11.3 Å². The Morgan fingerprint density at radius 3 is 3.08 bits per heavy atom. The third-order valence-corrected chi connectivity index (χ3v) is 4.62. The molecule has 25 heavy (non-hydrogen) atoms. The van der Waals surface area contributed by atoms with E-state index in [0.29, 0.717) is 11.2 Å². The number of nitrogens with zero attached hydrogens (tertiary/aromatic N) is 5. The van der Waals surface area contributed by atoms with Crippen LogP contribution in [0.25, 0.3) is 5.65 Å². The largest absolute Gasteiger partial charge is 0.371 e. The molecule has 0 saturated heterocycles. The molecular weight excluding hydrogens is 312 g/mol. The van der Waals surface area contributed by atoms with Gasteiger partial charge in [-0.1, -0.05) is 18.2 Å². The number of aromatic nitrogens is 3. The van der Waals surface area contributed by atoms with E-state index >= 15 is 0 Å². The molecule has 1 aliphatic rings. The molecule has 1 aromatic carbocycles. The lowest BCUT2D eigenvalue weighted by Crippen LogP contribution is -2.25. The Morgan fingerprint density at radius 1 is 1.24 bits per heavy atom. The third kappa shape index (κ3) is 3.19. The van der Waals surface area contributed by atoms with Crippen LogP contribution in [0.4, 0.5) is 5.69 Å².